The third kappa shape index (κ3) is 3.72. The molecule has 0 aliphatic carbocycles. The lowest BCUT2D eigenvalue weighted by Crippen LogP contribution is -2.11. The average Bonchev–Trinajstić information content (AvgIpc) is 2.54. The first-order valence-corrected chi connectivity index (χ1v) is 8.79. The van der Waals surface area contributed by atoms with E-state index in [2.05, 4.69) is 0 Å². The summed E-state index contributed by atoms with van der Waals surface area (Å²) in [6, 6.07) is 15.3. The zero-order chi connectivity index (χ0) is 16.1. The van der Waals surface area contributed by atoms with Gasteiger partial charge in [0.1, 0.15) is 5.78 Å². The molecule has 0 aromatic heterocycles. The Hall–Kier alpha value is -1.74. The predicted octanol–water partition coefficient (Wildman–Crippen LogP) is 4.63. The van der Waals surface area contributed by atoms with Gasteiger partial charge in [0.25, 0.3) is 0 Å². The second-order valence-corrected chi connectivity index (χ2v) is 7.01. The summed E-state index contributed by atoms with van der Waals surface area (Å²) < 4.78 is 12.9. The van der Waals surface area contributed by atoms with Crippen molar-refractivity contribution in [3.05, 3.63) is 59.7 Å². The Morgan fingerprint density at radius 2 is 1.73 bits per heavy atom. The highest BCUT2D eigenvalue weighted by molar-refractivity contribution is 7.85. The molecule has 0 saturated heterocycles. The van der Waals surface area contributed by atoms with Gasteiger partial charge in [-0.2, -0.15) is 0 Å². The molecule has 1 unspecified atom stereocenters. The zero-order valence-electron chi connectivity index (χ0n) is 13.3. The molecule has 0 aliphatic heterocycles. The van der Waals surface area contributed by atoms with Gasteiger partial charge in [0, 0.05) is 22.1 Å². The average molecular weight is 314 g/mol. The fraction of sp³-hybridized carbons (Fsp3) is 0.316. The third-order valence-corrected chi connectivity index (χ3v) is 5.27. The summed E-state index contributed by atoms with van der Waals surface area (Å²) in [6.45, 7) is 5.91. The highest BCUT2D eigenvalue weighted by atomic mass is 32.2. The first kappa shape index (κ1) is 16.6. The van der Waals surface area contributed by atoms with Gasteiger partial charge >= 0.3 is 0 Å². The fourth-order valence-electron chi connectivity index (χ4n) is 2.43. The van der Waals surface area contributed by atoms with Crippen molar-refractivity contribution in [2.45, 2.75) is 49.3 Å². The molecule has 0 N–H and O–H groups in total. The lowest BCUT2D eigenvalue weighted by Gasteiger charge is -2.15. The van der Waals surface area contributed by atoms with Crippen LogP contribution >= 0.6 is 0 Å². The van der Waals surface area contributed by atoms with Crippen LogP contribution in [0.4, 0.5) is 0 Å². The Morgan fingerprint density at radius 1 is 1.09 bits per heavy atom. The van der Waals surface area contributed by atoms with Gasteiger partial charge in [0.15, 0.2) is 0 Å². The standard InChI is InChI=1S/C19H22O2S/c1-4-7-18(20)15(3)17-8-5-6-9-19(17)22(21)16-12-10-14(2)11-13-16/h5-6,8-13,15H,4,7H2,1-3H3/t15?,22-/m0/s1. The van der Waals surface area contributed by atoms with Crippen LogP contribution in [0.2, 0.25) is 0 Å². The highest BCUT2D eigenvalue weighted by Crippen LogP contribution is 2.27. The van der Waals surface area contributed by atoms with Crippen molar-refractivity contribution in [2.75, 3.05) is 0 Å². The topological polar surface area (TPSA) is 34.1 Å². The second-order valence-electron chi connectivity index (χ2n) is 5.56. The molecule has 3 heteroatoms. The van der Waals surface area contributed by atoms with Gasteiger partial charge in [-0.05, 0) is 37.1 Å². The number of carbonyl (C=O) groups is 1. The van der Waals surface area contributed by atoms with E-state index in [0.29, 0.717) is 6.42 Å². The number of hydrogen-bond donors (Lipinski definition) is 0. The molecule has 0 fully saturated rings. The van der Waals surface area contributed by atoms with Crippen LogP contribution in [0.1, 0.15) is 43.7 Å². The Kier molecular flexibility index (Phi) is 5.67. The van der Waals surface area contributed by atoms with Crippen LogP contribution < -0.4 is 0 Å². The van der Waals surface area contributed by atoms with Crippen LogP contribution in [-0.2, 0) is 15.6 Å². The quantitative estimate of drug-likeness (QED) is 0.778. The van der Waals surface area contributed by atoms with Gasteiger partial charge in [0.2, 0.25) is 0 Å². The highest BCUT2D eigenvalue weighted by Gasteiger charge is 2.20. The molecule has 2 aromatic rings. The second kappa shape index (κ2) is 7.50. The zero-order valence-corrected chi connectivity index (χ0v) is 14.2. The lowest BCUT2D eigenvalue weighted by atomic mass is 9.94. The van der Waals surface area contributed by atoms with Crippen molar-refractivity contribution in [2.24, 2.45) is 0 Å². The third-order valence-electron chi connectivity index (χ3n) is 3.80. The molecule has 0 radical (unpaired) electrons. The maximum Gasteiger partial charge on any atom is 0.140 e. The van der Waals surface area contributed by atoms with E-state index in [0.717, 1.165) is 27.3 Å². The lowest BCUT2D eigenvalue weighted by molar-refractivity contribution is -0.120. The minimum atomic E-state index is -1.26. The first-order chi connectivity index (χ1) is 10.5. The summed E-state index contributed by atoms with van der Waals surface area (Å²) in [5, 5.41) is 0. The van der Waals surface area contributed by atoms with E-state index >= 15 is 0 Å². The molecule has 0 saturated carbocycles. The largest absolute Gasteiger partial charge is 0.299 e. The van der Waals surface area contributed by atoms with E-state index in [1.165, 1.54) is 0 Å². The number of aryl methyl sites for hydroxylation is 1. The molecule has 2 nitrogen and oxygen atoms in total. The summed E-state index contributed by atoms with van der Waals surface area (Å²) in [5.74, 6) is -0.0126. The monoisotopic (exact) mass is 314 g/mol. The van der Waals surface area contributed by atoms with E-state index in [9.17, 15) is 9.00 Å². The number of benzene rings is 2. The normalized spacial score (nSPS) is 13.6. The molecule has 22 heavy (non-hydrogen) atoms. The summed E-state index contributed by atoms with van der Waals surface area (Å²) in [6.07, 6.45) is 1.40. The first-order valence-electron chi connectivity index (χ1n) is 7.64. The van der Waals surface area contributed by atoms with Crippen molar-refractivity contribution < 1.29 is 9.00 Å². The van der Waals surface area contributed by atoms with Gasteiger partial charge in [-0.3, -0.25) is 4.79 Å². The molecule has 2 atom stereocenters. The van der Waals surface area contributed by atoms with Crippen molar-refractivity contribution in [1.82, 2.24) is 0 Å². The summed E-state index contributed by atoms with van der Waals surface area (Å²) >= 11 is 0. The fourth-order valence-corrected chi connectivity index (χ4v) is 3.73. The summed E-state index contributed by atoms with van der Waals surface area (Å²) in [7, 11) is -1.26. The number of ketones is 1. The number of carbonyl (C=O) groups excluding carboxylic acids is 1. The molecule has 116 valence electrons. The van der Waals surface area contributed by atoms with Gasteiger partial charge in [-0.1, -0.05) is 49.7 Å². The summed E-state index contributed by atoms with van der Waals surface area (Å²) in [5.41, 5.74) is 2.01. The SMILES string of the molecule is CCCC(=O)C(C)c1ccccc1[S@@](=O)c1ccc(C)cc1. The smallest absolute Gasteiger partial charge is 0.140 e. The van der Waals surface area contributed by atoms with Crippen LogP contribution in [-0.4, -0.2) is 9.99 Å². The van der Waals surface area contributed by atoms with Crippen molar-refractivity contribution in [3.8, 4) is 0 Å². The Labute approximate surface area is 135 Å². The molecule has 2 rings (SSSR count). The number of rotatable bonds is 6. The van der Waals surface area contributed by atoms with Gasteiger partial charge in [-0.25, -0.2) is 4.21 Å². The van der Waals surface area contributed by atoms with E-state index in [4.69, 9.17) is 0 Å². The van der Waals surface area contributed by atoms with E-state index < -0.39 is 10.8 Å². The molecule has 2 aromatic carbocycles. The molecule has 0 spiro atoms. The molecular weight excluding hydrogens is 292 g/mol. The molecule has 0 heterocycles. The van der Waals surface area contributed by atoms with Crippen LogP contribution in [0.25, 0.3) is 0 Å². The van der Waals surface area contributed by atoms with Crippen LogP contribution in [0.15, 0.2) is 58.3 Å². The van der Waals surface area contributed by atoms with Crippen molar-refractivity contribution in [1.29, 1.82) is 0 Å². The Morgan fingerprint density at radius 3 is 2.36 bits per heavy atom. The minimum absolute atomic E-state index is 0.204. The number of hydrogen-bond acceptors (Lipinski definition) is 2. The van der Waals surface area contributed by atoms with Gasteiger partial charge in [-0.15, -0.1) is 0 Å². The van der Waals surface area contributed by atoms with Crippen molar-refractivity contribution >= 4 is 16.6 Å². The molecule has 0 bridgehead atoms. The molecule has 0 amide bonds. The molecule has 0 aliphatic rings. The van der Waals surface area contributed by atoms with Crippen LogP contribution in [0, 0.1) is 6.92 Å². The molecular formula is C19H22O2S. The minimum Gasteiger partial charge on any atom is -0.299 e. The van der Waals surface area contributed by atoms with E-state index in [1.807, 2.05) is 69.3 Å². The van der Waals surface area contributed by atoms with Crippen LogP contribution in [0.3, 0.4) is 0 Å². The summed E-state index contributed by atoms with van der Waals surface area (Å²) in [4.78, 5) is 13.7. The maximum absolute atomic E-state index is 12.9. The number of Topliss-reactive ketones (excluding diaryl/α,β-unsaturated/α-hetero) is 1. The Bertz CT molecular complexity index is 674. The van der Waals surface area contributed by atoms with Gasteiger partial charge in [0.05, 0.1) is 10.8 Å². The van der Waals surface area contributed by atoms with E-state index in [-0.39, 0.29) is 11.7 Å². The van der Waals surface area contributed by atoms with Crippen LogP contribution in [0.5, 0.6) is 0 Å². The predicted molar refractivity (Wildman–Crippen MR) is 90.6 cm³/mol. The van der Waals surface area contributed by atoms with Crippen molar-refractivity contribution in [3.63, 3.8) is 0 Å². The van der Waals surface area contributed by atoms with E-state index in [1.54, 1.807) is 0 Å². The Balaban J connectivity index is 2.37. The maximum atomic E-state index is 12.9. The van der Waals surface area contributed by atoms with Gasteiger partial charge < -0.3 is 0 Å².